The number of nitrogens with one attached hydrogen (secondary N) is 1. The van der Waals surface area contributed by atoms with E-state index in [-0.39, 0.29) is 19.7 Å². The highest BCUT2D eigenvalue weighted by atomic mass is 35.5. The van der Waals surface area contributed by atoms with Crippen LogP contribution in [0.4, 0.5) is 5.69 Å². The normalized spacial score (nSPS) is 11.0. The second-order valence-electron chi connectivity index (χ2n) is 6.08. The molecule has 0 spiro atoms. The van der Waals surface area contributed by atoms with E-state index < -0.39 is 15.9 Å². The van der Waals surface area contributed by atoms with E-state index in [2.05, 4.69) is 5.32 Å². The van der Waals surface area contributed by atoms with Gasteiger partial charge in [0.1, 0.15) is 24.7 Å². The van der Waals surface area contributed by atoms with Crippen LogP contribution in [-0.2, 0) is 14.8 Å². The van der Waals surface area contributed by atoms with Crippen molar-refractivity contribution in [3.8, 4) is 11.5 Å². The van der Waals surface area contributed by atoms with Crippen LogP contribution in [0.1, 0.15) is 5.56 Å². The van der Waals surface area contributed by atoms with Gasteiger partial charge in [0.05, 0.1) is 25.6 Å². The fourth-order valence-corrected chi connectivity index (χ4v) is 3.66. The van der Waals surface area contributed by atoms with Gasteiger partial charge in [-0.1, -0.05) is 17.7 Å². The maximum absolute atomic E-state index is 12.2. The summed E-state index contributed by atoms with van der Waals surface area (Å²) in [5.41, 5.74) is 1.07. The first kappa shape index (κ1) is 21.8. The molecule has 0 aliphatic rings. The van der Waals surface area contributed by atoms with Crippen molar-refractivity contribution in [2.24, 2.45) is 0 Å². The molecular formula is C19H23ClN2O5S. The monoisotopic (exact) mass is 426 g/mol. The first-order valence-corrected chi connectivity index (χ1v) is 10.7. The Bertz CT molecular complexity index is 934. The van der Waals surface area contributed by atoms with Gasteiger partial charge in [-0.25, -0.2) is 8.42 Å². The molecule has 0 aromatic heterocycles. The van der Waals surface area contributed by atoms with E-state index >= 15 is 0 Å². The number of rotatable bonds is 9. The van der Waals surface area contributed by atoms with Gasteiger partial charge in [0.15, 0.2) is 0 Å². The van der Waals surface area contributed by atoms with Crippen molar-refractivity contribution in [1.29, 1.82) is 0 Å². The fourth-order valence-electron chi connectivity index (χ4n) is 2.52. The highest BCUT2D eigenvalue weighted by Gasteiger charge is 2.22. The standard InChI is InChI=1S/C19H23ClN2O5S/c1-14-11-15(20)7-8-18(14)22(28(3,24)25)13-19(23)21-9-10-27-17-6-4-5-16(12-17)26-2/h4-8,11-12H,9-10,13H2,1-3H3,(H,21,23). The number of carbonyl (C=O) groups excluding carboxylic acids is 1. The molecule has 0 unspecified atom stereocenters. The lowest BCUT2D eigenvalue weighted by atomic mass is 10.2. The summed E-state index contributed by atoms with van der Waals surface area (Å²) in [6, 6.07) is 11.9. The number of nitrogens with zero attached hydrogens (tertiary/aromatic N) is 1. The number of halogens is 1. The summed E-state index contributed by atoms with van der Waals surface area (Å²) in [5, 5.41) is 3.15. The molecule has 2 aromatic carbocycles. The number of anilines is 1. The molecule has 1 amide bonds. The molecule has 0 radical (unpaired) electrons. The number of aryl methyl sites for hydroxylation is 1. The van der Waals surface area contributed by atoms with E-state index in [1.807, 2.05) is 0 Å². The quantitative estimate of drug-likeness (QED) is 0.623. The molecule has 7 nitrogen and oxygen atoms in total. The maximum atomic E-state index is 12.2. The summed E-state index contributed by atoms with van der Waals surface area (Å²) in [5.74, 6) is 0.848. The van der Waals surface area contributed by atoms with Crippen LogP contribution in [-0.4, -0.2) is 47.4 Å². The van der Waals surface area contributed by atoms with Crippen molar-refractivity contribution in [2.45, 2.75) is 6.92 Å². The molecular weight excluding hydrogens is 404 g/mol. The first-order chi connectivity index (χ1) is 13.2. The van der Waals surface area contributed by atoms with E-state index in [4.69, 9.17) is 21.1 Å². The van der Waals surface area contributed by atoms with Gasteiger partial charge in [-0.2, -0.15) is 0 Å². The molecule has 0 saturated carbocycles. The molecule has 0 aliphatic carbocycles. The van der Waals surface area contributed by atoms with Crippen molar-refractivity contribution < 1.29 is 22.7 Å². The Morgan fingerprint density at radius 1 is 1.18 bits per heavy atom. The predicted molar refractivity (Wildman–Crippen MR) is 110 cm³/mol. The minimum atomic E-state index is -3.65. The van der Waals surface area contributed by atoms with Gasteiger partial charge in [-0.15, -0.1) is 0 Å². The van der Waals surface area contributed by atoms with Crippen LogP contribution in [0, 0.1) is 6.92 Å². The van der Waals surface area contributed by atoms with Gasteiger partial charge >= 0.3 is 0 Å². The van der Waals surface area contributed by atoms with Gasteiger partial charge in [-0.3, -0.25) is 9.10 Å². The number of benzene rings is 2. The van der Waals surface area contributed by atoms with Crippen LogP contribution in [0.5, 0.6) is 11.5 Å². The third-order valence-electron chi connectivity index (χ3n) is 3.85. The Hall–Kier alpha value is -2.45. The highest BCUT2D eigenvalue weighted by Crippen LogP contribution is 2.25. The Morgan fingerprint density at radius 2 is 1.89 bits per heavy atom. The lowest BCUT2D eigenvalue weighted by Crippen LogP contribution is -2.41. The highest BCUT2D eigenvalue weighted by molar-refractivity contribution is 7.92. The van der Waals surface area contributed by atoms with Crippen molar-refractivity contribution in [3.05, 3.63) is 53.1 Å². The summed E-state index contributed by atoms with van der Waals surface area (Å²) in [6.07, 6.45) is 1.06. The molecule has 0 heterocycles. The van der Waals surface area contributed by atoms with Crippen LogP contribution in [0.15, 0.2) is 42.5 Å². The minimum Gasteiger partial charge on any atom is -0.497 e. The van der Waals surface area contributed by atoms with Crippen molar-refractivity contribution in [2.75, 3.05) is 37.4 Å². The lowest BCUT2D eigenvalue weighted by Gasteiger charge is -2.23. The Kier molecular flexibility index (Phi) is 7.53. The number of hydrogen-bond donors (Lipinski definition) is 1. The smallest absolute Gasteiger partial charge is 0.240 e. The molecule has 0 saturated heterocycles. The van der Waals surface area contributed by atoms with Crippen molar-refractivity contribution >= 4 is 33.2 Å². The number of methoxy groups -OCH3 is 1. The first-order valence-electron chi connectivity index (χ1n) is 8.48. The zero-order valence-corrected chi connectivity index (χ0v) is 17.5. The Balaban J connectivity index is 1.93. The van der Waals surface area contributed by atoms with E-state index in [9.17, 15) is 13.2 Å². The summed E-state index contributed by atoms with van der Waals surface area (Å²) in [4.78, 5) is 12.2. The molecule has 0 atom stereocenters. The third kappa shape index (κ3) is 6.31. The maximum Gasteiger partial charge on any atom is 0.240 e. The Morgan fingerprint density at radius 3 is 2.54 bits per heavy atom. The fraction of sp³-hybridized carbons (Fsp3) is 0.316. The van der Waals surface area contributed by atoms with Crippen LogP contribution in [0.2, 0.25) is 5.02 Å². The summed E-state index contributed by atoms with van der Waals surface area (Å²) >= 11 is 5.93. The second kappa shape index (κ2) is 9.66. The van der Waals surface area contributed by atoms with Gasteiger partial charge in [0.2, 0.25) is 15.9 Å². The van der Waals surface area contributed by atoms with Crippen LogP contribution < -0.4 is 19.1 Å². The molecule has 9 heteroatoms. The summed E-state index contributed by atoms with van der Waals surface area (Å²) < 4.78 is 36.0. The van der Waals surface area contributed by atoms with Crippen molar-refractivity contribution in [1.82, 2.24) is 5.32 Å². The van der Waals surface area contributed by atoms with Gasteiger partial charge < -0.3 is 14.8 Å². The molecule has 28 heavy (non-hydrogen) atoms. The molecule has 0 fully saturated rings. The zero-order chi connectivity index (χ0) is 20.7. The van der Waals surface area contributed by atoms with Gasteiger partial charge in [0.25, 0.3) is 0 Å². The average molecular weight is 427 g/mol. The SMILES string of the molecule is COc1cccc(OCCNC(=O)CN(c2ccc(Cl)cc2C)S(C)(=O)=O)c1. The third-order valence-corrected chi connectivity index (χ3v) is 5.21. The lowest BCUT2D eigenvalue weighted by molar-refractivity contribution is -0.119. The summed E-state index contributed by atoms with van der Waals surface area (Å²) in [6.45, 7) is 1.87. The number of ether oxygens (including phenoxy) is 2. The molecule has 0 aliphatic heterocycles. The van der Waals surface area contributed by atoms with Gasteiger partial charge in [-0.05, 0) is 42.8 Å². The molecule has 2 aromatic rings. The zero-order valence-electron chi connectivity index (χ0n) is 15.9. The molecule has 2 rings (SSSR count). The average Bonchev–Trinajstić information content (AvgIpc) is 2.63. The number of sulfonamides is 1. The van der Waals surface area contributed by atoms with E-state index in [0.29, 0.717) is 27.8 Å². The van der Waals surface area contributed by atoms with Crippen LogP contribution in [0.25, 0.3) is 0 Å². The van der Waals surface area contributed by atoms with E-state index in [0.717, 1.165) is 10.6 Å². The van der Waals surface area contributed by atoms with Crippen molar-refractivity contribution in [3.63, 3.8) is 0 Å². The topological polar surface area (TPSA) is 84.9 Å². The van der Waals surface area contributed by atoms with E-state index in [1.165, 1.54) is 0 Å². The Labute approximate surface area is 170 Å². The molecule has 152 valence electrons. The second-order valence-corrected chi connectivity index (χ2v) is 8.42. The summed E-state index contributed by atoms with van der Waals surface area (Å²) in [7, 11) is -2.08. The molecule has 0 bridgehead atoms. The number of hydrogen-bond acceptors (Lipinski definition) is 5. The predicted octanol–water partition coefficient (Wildman–Crippen LogP) is 2.62. The number of carbonyl (C=O) groups is 1. The van der Waals surface area contributed by atoms with Gasteiger partial charge in [0, 0.05) is 11.1 Å². The van der Waals surface area contributed by atoms with Crippen LogP contribution in [0.3, 0.4) is 0 Å². The van der Waals surface area contributed by atoms with Crippen LogP contribution >= 0.6 is 11.6 Å². The molecule has 1 N–H and O–H groups in total. The number of amides is 1. The van der Waals surface area contributed by atoms with E-state index in [1.54, 1.807) is 56.5 Å². The minimum absolute atomic E-state index is 0.229. The largest absolute Gasteiger partial charge is 0.497 e.